The molecule has 0 bridgehead atoms. The second kappa shape index (κ2) is 10.7. The van der Waals surface area contributed by atoms with E-state index < -0.39 is 5.97 Å². The van der Waals surface area contributed by atoms with E-state index in [1.807, 2.05) is 24.3 Å². The Morgan fingerprint density at radius 2 is 1.58 bits per heavy atom. The molecule has 8 heteroatoms. The fourth-order valence-corrected chi connectivity index (χ4v) is 5.92. The molecule has 8 nitrogen and oxygen atoms in total. The zero-order valence-corrected chi connectivity index (χ0v) is 20.6. The maximum atomic E-state index is 13.9. The SMILES string of the molecule is O=C(O)C=Cc1cccc(-n2cnc3c(=O)n(CC4CCCCC4)c(=O)n(CC4CCCCC4)c32)c1. The third-order valence-electron chi connectivity index (χ3n) is 7.81. The Kier molecular flexibility index (Phi) is 7.20. The normalized spacial score (nSPS) is 17.8. The zero-order chi connectivity index (χ0) is 25.1. The number of aliphatic carboxylic acids is 1. The number of hydrogen-bond acceptors (Lipinski definition) is 4. The van der Waals surface area contributed by atoms with E-state index in [-0.39, 0.29) is 11.2 Å². The Hall–Kier alpha value is -3.42. The van der Waals surface area contributed by atoms with Crippen LogP contribution in [0.25, 0.3) is 22.9 Å². The highest BCUT2D eigenvalue weighted by Crippen LogP contribution is 2.27. The van der Waals surface area contributed by atoms with Gasteiger partial charge in [-0.1, -0.05) is 50.7 Å². The molecule has 2 aliphatic rings. The van der Waals surface area contributed by atoms with E-state index in [9.17, 15) is 14.4 Å². The van der Waals surface area contributed by atoms with Crippen LogP contribution in [0.15, 0.2) is 46.3 Å². The van der Waals surface area contributed by atoms with Gasteiger partial charge < -0.3 is 5.11 Å². The topological polar surface area (TPSA) is 99.1 Å². The molecule has 3 aromatic rings. The van der Waals surface area contributed by atoms with Gasteiger partial charge in [-0.15, -0.1) is 0 Å². The standard InChI is InChI=1S/C28H34N4O4/c33-24(34)15-14-20-12-7-13-23(16-20)32-19-29-25-26(32)30(17-21-8-3-1-4-9-21)28(36)31(27(25)35)18-22-10-5-2-6-11-22/h7,12-16,19,21-22H,1-6,8-11,17-18H2,(H,33,34). The van der Waals surface area contributed by atoms with Crippen LogP contribution >= 0.6 is 0 Å². The fraction of sp³-hybridized carbons (Fsp3) is 0.500. The number of imidazole rings is 1. The number of carboxylic acids is 1. The molecule has 2 heterocycles. The summed E-state index contributed by atoms with van der Waals surface area (Å²) >= 11 is 0. The van der Waals surface area contributed by atoms with Crippen LogP contribution in [0.4, 0.5) is 0 Å². The Bertz CT molecular complexity index is 1380. The number of carbonyl (C=O) groups is 1. The molecule has 0 unspecified atom stereocenters. The molecule has 1 N–H and O–H groups in total. The first-order valence-electron chi connectivity index (χ1n) is 13.2. The van der Waals surface area contributed by atoms with Gasteiger partial charge >= 0.3 is 11.7 Å². The number of benzene rings is 1. The Labute approximate surface area is 209 Å². The van der Waals surface area contributed by atoms with Crippen LogP contribution in [0.2, 0.25) is 0 Å². The van der Waals surface area contributed by atoms with Crippen molar-refractivity contribution in [3.63, 3.8) is 0 Å². The fourth-order valence-electron chi connectivity index (χ4n) is 5.92. The lowest BCUT2D eigenvalue weighted by molar-refractivity contribution is -0.131. The molecule has 0 atom stereocenters. The van der Waals surface area contributed by atoms with E-state index >= 15 is 0 Å². The van der Waals surface area contributed by atoms with Crippen molar-refractivity contribution < 1.29 is 9.90 Å². The van der Waals surface area contributed by atoms with E-state index in [4.69, 9.17) is 5.11 Å². The molecule has 190 valence electrons. The van der Waals surface area contributed by atoms with Crippen LogP contribution in [0.3, 0.4) is 0 Å². The minimum absolute atomic E-state index is 0.243. The molecular weight excluding hydrogens is 456 g/mol. The minimum atomic E-state index is -1.02. The van der Waals surface area contributed by atoms with E-state index in [0.717, 1.165) is 50.3 Å². The summed E-state index contributed by atoms with van der Waals surface area (Å²) in [7, 11) is 0. The van der Waals surface area contributed by atoms with Gasteiger partial charge in [0.05, 0.1) is 0 Å². The predicted molar refractivity (Wildman–Crippen MR) is 139 cm³/mol. The van der Waals surface area contributed by atoms with Crippen molar-refractivity contribution in [2.75, 3.05) is 0 Å². The van der Waals surface area contributed by atoms with Crippen molar-refractivity contribution in [2.45, 2.75) is 77.3 Å². The molecule has 0 amide bonds. The quantitative estimate of drug-likeness (QED) is 0.488. The Morgan fingerprint density at radius 1 is 0.944 bits per heavy atom. The van der Waals surface area contributed by atoms with Gasteiger partial charge in [-0.2, -0.15) is 0 Å². The van der Waals surface area contributed by atoms with E-state index in [0.29, 0.717) is 41.7 Å². The van der Waals surface area contributed by atoms with Gasteiger partial charge in [0.1, 0.15) is 6.33 Å². The van der Waals surface area contributed by atoms with Gasteiger partial charge in [0.2, 0.25) is 0 Å². The highest BCUT2D eigenvalue weighted by Gasteiger charge is 2.24. The van der Waals surface area contributed by atoms with Crippen molar-refractivity contribution in [1.82, 2.24) is 18.7 Å². The van der Waals surface area contributed by atoms with Crippen LogP contribution in [0, 0.1) is 11.8 Å². The number of hydrogen-bond donors (Lipinski definition) is 1. The van der Waals surface area contributed by atoms with Crippen molar-refractivity contribution in [3.05, 3.63) is 63.1 Å². The third kappa shape index (κ3) is 5.08. The zero-order valence-electron chi connectivity index (χ0n) is 20.6. The van der Waals surface area contributed by atoms with Gasteiger partial charge in [-0.05, 0) is 61.3 Å². The summed E-state index contributed by atoms with van der Waals surface area (Å²) in [5.74, 6) is -0.272. The number of aromatic nitrogens is 4. The Morgan fingerprint density at radius 3 is 2.22 bits per heavy atom. The second-order valence-electron chi connectivity index (χ2n) is 10.4. The molecule has 1 aromatic carbocycles. The molecule has 2 fully saturated rings. The van der Waals surface area contributed by atoms with Gasteiger partial charge in [-0.25, -0.2) is 14.6 Å². The number of nitrogens with zero attached hydrogens (tertiary/aromatic N) is 4. The smallest absolute Gasteiger partial charge is 0.332 e. The molecule has 0 radical (unpaired) electrons. The number of carboxylic acid groups (broad SMARTS) is 1. The van der Waals surface area contributed by atoms with Crippen molar-refractivity contribution in [2.24, 2.45) is 11.8 Å². The van der Waals surface area contributed by atoms with Crippen molar-refractivity contribution in [1.29, 1.82) is 0 Å². The average molecular weight is 491 g/mol. The first-order valence-corrected chi connectivity index (χ1v) is 13.2. The lowest BCUT2D eigenvalue weighted by Gasteiger charge is -2.25. The van der Waals surface area contributed by atoms with Crippen LogP contribution in [-0.4, -0.2) is 29.8 Å². The van der Waals surface area contributed by atoms with Crippen molar-refractivity contribution in [3.8, 4) is 5.69 Å². The first kappa shape index (κ1) is 24.3. The summed E-state index contributed by atoms with van der Waals surface area (Å²) in [4.78, 5) is 42.9. The number of rotatable bonds is 7. The van der Waals surface area contributed by atoms with Crippen LogP contribution < -0.4 is 11.2 Å². The maximum Gasteiger partial charge on any atom is 0.332 e. The van der Waals surface area contributed by atoms with Crippen LogP contribution in [0.1, 0.15) is 69.8 Å². The van der Waals surface area contributed by atoms with E-state index in [2.05, 4.69) is 4.98 Å². The Balaban J connectivity index is 1.63. The van der Waals surface area contributed by atoms with Gasteiger partial charge in [-0.3, -0.25) is 18.5 Å². The lowest BCUT2D eigenvalue weighted by atomic mass is 9.89. The molecule has 0 aliphatic heterocycles. The summed E-state index contributed by atoms with van der Waals surface area (Å²) in [6.07, 6.45) is 15.6. The largest absolute Gasteiger partial charge is 0.478 e. The molecule has 2 saturated carbocycles. The summed E-state index contributed by atoms with van der Waals surface area (Å²) in [6, 6.07) is 7.36. The number of fused-ring (bicyclic) bond motifs is 1. The average Bonchev–Trinajstić information content (AvgIpc) is 3.35. The summed E-state index contributed by atoms with van der Waals surface area (Å²) in [5.41, 5.74) is 1.71. The molecule has 0 spiro atoms. The third-order valence-corrected chi connectivity index (χ3v) is 7.81. The first-order chi connectivity index (χ1) is 17.5. The summed E-state index contributed by atoms with van der Waals surface area (Å²) in [5, 5.41) is 8.99. The molecule has 5 rings (SSSR count). The van der Waals surface area contributed by atoms with Gasteiger partial charge in [0.25, 0.3) is 5.56 Å². The molecule has 0 saturated heterocycles. The predicted octanol–water partition coefficient (Wildman–Crippen LogP) is 4.61. The highest BCUT2D eigenvalue weighted by molar-refractivity contribution is 5.85. The summed E-state index contributed by atoms with van der Waals surface area (Å²) < 4.78 is 5.01. The van der Waals surface area contributed by atoms with Crippen LogP contribution in [0.5, 0.6) is 0 Å². The molecular formula is C28H34N4O4. The van der Waals surface area contributed by atoms with Crippen LogP contribution in [-0.2, 0) is 17.9 Å². The monoisotopic (exact) mass is 490 g/mol. The molecule has 2 aliphatic carbocycles. The minimum Gasteiger partial charge on any atom is -0.478 e. The van der Waals surface area contributed by atoms with Gasteiger partial charge in [0, 0.05) is 24.9 Å². The van der Waals surface area contributed by atoms with Gasteiger partial charge in [0.15, 0.2) is 11.2 Å². The van der Waals surface area contributed by atoms with Crippen molar-refractivity contribution >= 4 is 23.2 Å². The van der Waals surface area contributed by atoms with E-state index in [1.54, 1.807) is 15.5 Å². The second-order valence-corrected chi connectivity index (χ2v) is 10.4. The maximum absolute atomic E-state index is 13.9. The van der Waals surface area contributed by atoms with E-state index in [1.165, 1.54) is 36.3 Å². The molecule has 36 heavy (non-hydrogen) atoms. The molecule has 2 aromatic heterocycles. The summed E-state index contributed by atoms with van der Waals surface area (Å²) in [6.45, 7) is 1.03. The highest BCUT2D eigenvalue weighted by atomic mass is 16.4. The lowest BCUT2D eigenvalue weighted by Crippen LogP contribution is -2.43.